The van der Waals surface area contributed by atoms with Crippen molar-refractivity contribution in [1.82, 2.24) is 4.90 Å². The lowest BCUT2D eigenvalue weighted by Gasteiger charge is -2.19. The van der Waals surface area contributed by atoms with Crippen LogP contribution in [0.4, 0.5) is 5.69 Å². The van der Waals surface area contributed by atoms with Crippen molar-refractivity contribution in [3.63, 3.8) is 0 Å². The van der Waals surface area contributed by atoms with Crippen molar-refractivity contribution in [1.29, 1.82) is 0 Å². The van der Waals surface area contributed by atoms with Gasteiger partial charge in [-0.25, -0.2) is 0 Å². The molecule has 1 N–H and O–H groups in total. The van der Waals surface area contributed by atoms with E-state index < -0.39 is 10.9 Å². The van der Waals surface area contributed by atoms with Gasteiger partial charge in [0.25, 0.3) is 0 Å². The standard InChI is InChI=1S/C18H19ClN2O5/c1-2-9-20(12-18(22)23)11-13-7-8-17(15(10-13)21(24)25)26-16-6-4-3-5-14(16)19/h3-8,10H,2,9,11-12H2,1H3,(H,22,23). The molecule has 0 heterocycles. The van der Waals surface area contributed by atoms with Crippen LogP contribution >= 0.6 is 11.6 Å². The molecule has 0 spiro atoms. The minimum atomic E-state index is -0.938. The molecule has 7 nitrogen and oxygen atoms in total. The second-order valence-corrected chi connectivity index (χ2v) is 6.10. The molecule has 0 unspecified atom stereocenters. The summed E-state index contributed by atoms with van der Waals surface area (Å²) in [6.07, 6.45) is 0.781. The molecule has 0 aliphatic carbocycles. The number of hydrogen-bond donors (Lipinski definition) is 1. The number of nitro benzene ring substituents is 1. The Bertz CT molecular complexity index is 797. The van der Waals surface area contributed by atoms with Gasteiger partial charge in [0.05, 0.1) is 16.5 Å². The summed E-state index contributed by atoms with van der Waals surface area (Å²) >= 11 is 6.03. The molecule has 2 aromatic carbocycles. The van der Waals surface area contributed by atoms with Gasteiger partial charge in [-0.2, -0.15) is 0 Å². The lowest BCUT2D eigenvalue weighted by molar-refractivity contribution is -0.385. The molecular weight excluding hydrogens is 360 g/mol. The van der Waals surface area contributed by atoms with Gasteiger partial charge < -0.3 is 9.84 Å². The van der Waals surface area contributed by atoms with Crippen molar-refractivity contribution in [2.24, 2.45) is 0 Å². The van der Waals surface area contributed by atoms with E-state index in [1.54, 1.807) is 35.2 Å². The van der Waals surface area contributed by atoms with E-state index in [1.165, 1.54) is 12.1 Å². The average molecular weight is 379 g/mol. The van der Waals surface area contributed by atoms with E-state index in [-0.39, 0.29) is 18.0 Å². The predicted octanol–water partition coefficient (Wildman–Crippen LogP) is 4.34. The Morgan fingerprint density at radius 1 is 1.27 bits per heavy atom. The molecule has 138 valence electrons. The zero-order valence-corrected chi connectivity index (χ0v) is 15.0. The second-order valence-electron chi connectivity index (χ2n) is 5.70. The van der Waals surface area contributed by atoms with Crippen LogP contribution in [0.1, 0.15) is 18.9 Å². The molecule has 2 rings (SSSR count). The monoisotopic (exact) mass is 378 g/mol. The number of nitrogens with zero attached hydrogens (tertiary/aromatic N) is 2. The number of ether oxygens (including phenoxy) is 1. The maximum Gasteiger partial charge on any atom is 0.317 e. The Labute approximate surface area is 155 Å². The van der Waals surface area contributed by atoms with Gasteiger partial charge in [0.1, 0.15) is 5.75 Å². The largest absolute Gasteiger partial charge is 0.480 e. The SMILES string of the molecule is CCCN(CC(=O)O)Cc1ccc(Oc2ccccc2Cl)c([N+](=O)[O-])c1. The van der Waals surface area contributed by atoms with Gasteiger partial charge in [-0.15, -0.1) is 0 Å². The van der Waals surface area contributed by atoms with Crippen molar-refractivity contribution in [3.8, 4) is 11.5 Å². The highest BCUT2D eigenvalue weighted by atomic mass is 35.5. The van der Waals surface area contributed by atoms with Crippen LogP contribution in [0.2, 0.25) is 5.02 Å². The van der Waals surface area contributed by atoms with E-state index in [0.717, 1.165) is 6.42 Å². The highest BCUT2D eigenvalue weighted by Gasteiger charge is 2.19. The van der Waals surface area contributed by atoms with E-state index in [2.05, 4.69) is 0 Å². The predicted molar refractivity (Wildman–Crippen MR) is 97.8 cm³/mol. The van der Waals surface area contributed by atoms with Crippen LogP contribution in [-0.2, 0) is 11.3 Å². The molecule has 2 aromatic rings. The lowest BCUT2D eigenvalue weighted by atomic mass is 10.1. The normalized spacial score (nSPS) is 10.7. The molecule has 0 bridgehead atoms. The van der Waals surface area contributed by atoms with E-state index in [9.17, 15) is 14.9 Å². The van der Waals surface area contributed by atoms with E-state index in [0.29, 0.717) is 29.4 Å². The fourth-order valence-electron chi connectivity index (χ4n) is 2.52. The van der Waals surface area contributed by atoms with Gasteiger partial charge >= 0.3 is 11.7 Å². The molecule has 0 fully saturated rings. The van der Waals surface area contributed by atoms with Crippen LogP contribution in [0, 0.1) is 10.1 Å². The van der Waals surface area contributed by atoms with Crippen molar-refractivity contribution < 1.29 is 19.6 Å². The highest BCUT2D eigenvalue weighted by Crippen LogP contribution is 2.35. The third kappa shape index (κ3) is 5.44. The summed E-state index contributed by atoms with van der Waals surface area (Å²) in [5.74, 6) is -0.540. The Morgan fingerprint density at radius 2 is 2.00 bits per heavy atom. The molecule has 0 saturated heterocycles. The Kier molecular flexibility index (Phi) is 6.94. The van der Waals surface area contributed by atoms with Gasteiger partial charge in [0.15, 0.2) is 0 Å². The third-order valence-electron chi connectivity index (χ3n) is 3.58. The number of hydrogen-bond acceptors (Lipinski definition) is 5. The Morgan fingerprint density at radius 3 is 2.62 bits per heavy atom. The van der Waals surface area contributed by atoms with Gasteiger partial charge in [-0.1, -0.05) is 36.7 Å². The summed E-state index contributed by atoms with van der Waals surface area (Å²) in [6.45, 7) is 2.70. The molecular formula is C18H19ClN2O5. The lowest BCUT2D eigenvalue weighted by Crippen LogP contribution is -2.30. The molecule has 0 saturated carbocycles. The van der Waals surface area contributed by atoms with Gasteiger partial charge in [-0.3, -0.25) is 19.8 Å². The molecule has 0 aliphatic rings. The number of rotatable bonds is 9. The fraction of sp³-hybridized carbons (Fsp3) is 0.278. The summed E-state index contributed by atoms with van der Waals surface area (Å²) in [5, 5.41) is 20.8. The molecule has 26 heavy (non-hydrogen) atoms. The smallest absolute Gasteiger partial charge is 0.317 e. The molecule has 0 aromatic heterocycles. The number of para-hydroxylation sites is 1. The number of carboxylic acid groups (broad SMARTS) is 1. The maximum atomic E-state index is 11.4. The number of carboxylic acids is 1. The Hall–Kier alpha value is -2.64. The van der Waals surface area contributed by atoms with Crippen LogP contribution < -0.4 is 4.74 Å². The summed E-state index contributed by atoms with van der Waals surface area (Å²) in [7, 11) is 0. The van der Waals surface area contributed by atoms with Crippen LogP contribution in [-0.4, -0.2) is 34.0 Å². The first kappa shape index (κ1) is 19.7. The first-order valence-electron chi connectivity index (χ1n) is 8.04. The summed E-state index contributed by atoms with van der Waals surface area (Å²) in [4.78, 5) is 23.6. The van der Waals surface area contributed by atoms with E-state index in [1.807, 2.05) is 6.92 Å². The topological polar surface area (TPSA) is 92.9 Å². The quantitative estimate of drug-likeness (QED) is 0.515. The molecule has 0 amide bonds. The summed E-state index contributed by atoms with van der Waals surface area (Å²) in [6, 6.07) is 11.3. The zero-order valence-electron chi connectivity index (χ0n) is 14.2. The highest BCUT2D eigenvalue weighted by molar-refractivity contribution is 6.32. The van der Waals surface area contributed by atoms with E-state index in [4.69, 9.17) is 21.4 Å². The van der Waals surface area contributed by atoms with Crippen LogP contribution in [0.5, 0.6) is 11.5 Å². The third-order valence-corrected chi connectivity index (χ3v) is 3.89. The minimum absolute atomic E-state index is 0.0760. The molecule has 0 aliphatic heterocycles. The second kappa shape index (κ2) is 9.17. The van der Waals surface area contributed by atoms with Crippen molar-refractivity contribution >= 4 is 23.3 Å². The van der Waals surface area contributed by atoms with Gasteiger partial charge in [0.2, 0.25) is 5.75 Å². The van der Waals surface area contributed by atoms with Crippen LogP contribution in [0.15, 0.2) is 42.5 Å². The number of carbonyl (C=O) groups is 1. The zero-order chi connectivity index (χ0) is 19.1. The maximum absolute atomic E-state index is 11.4. The number of nitro groups is 1. The average Bonchev–Trinajstić information content (AvgIpc) is 2.57. The minimum Gasteiger partial charge on any atom is -0.480 e. The van der Waals surface area contributed by atoms with Crippen LogP contribution in [0.25, 0.3) is 0 Å². The Balaban J connectivity index is 2.26. The number of aliphatic carboxylic acids is 1. The van der Waals surface area contributed by atoms with Crippen molar-refractivity contribution in [2.45, 2.75) is 19.9 Å². The van der Waals surface area contributed by atoms with Gasteiger partial charge in [-0.05, 0) is 36.7 Å². The van der Waals surface area contributed by atoms with Crippen molar-refractivity contribution in [3.05, 3.63) is 63.2 Å². The fourth-order valence-corrected chi connectivity index (χ4v) is 2.69. The summed E-state index contributed by atoms with van der Waals surface area (Å²) in [5.41, 5.74) is 0.437. The number of halogens is 1. The number of benzene rings is 2. The van der Waals surface area contributed by atoms with Crippen LogP contribution in [0.3, 0.4) is 0 Å². The molecule has 0 atom stereocenters. The van der Waals surface area contributed by atoms with Gasteiger partial charge in [0, 0.05) is 12.6 Å². The van der Waals surface area contributed by atoms with Crippen molar-refractivity contribution in [2.75, 3.05) is 13.1 Å². The summed E-state index contributed by atoms with van der Waals surface area (Å²) < 4.78 is 5.59. The molecule has 8 heteroatoms. The molecule has 0 radical (unpaired) electrons. The van der Waals surface area contributed by atoms with E-state index >= 15 is 0 Å². The first-order valence-corrected chi connectivity index (χ1v) is 8.42. The first-order chi connectivity index (χ1) is 12.4.